The fourth-order valence-electron chi connectivity index (χ4n) is 1.81. The highest BCUT2D eigenvalue weighted by Crippen LogP contribution is 2.30. The van der Waals surface area contributed by atoms with Gasteiger partial charge < -0.3 is 19.7 Å². The molecule has 0 aromatic heterocycles. The van der Waals surface area contributed by atoms with Gasteiger partial charge in [0.15, 0.2) is 11.5 Å². The SMILES string of the molecule is COc1cc([C@@H](C)O)ccc1OCCCCCCO. The van der Waals surface area contributed by atoms with Gasteiger partial charge in [0.25, 0.3) is 0 Å². The molecule has 0 spiro atoms. The molecular formula is C15H24O4. The Balaban J connectivity index is 2.44. The van der Waals surface area contributed by atoms with E-state index < -0.39 is 6.10 Å². The number of rotatable bonds is 9. The average Bonchev–Trinajstić information content (AvgIpc) is 2.42. The van der Waals surface area contributed by atoms with Gasteiger partial charge in [-0.3, -0.25) is 0 Å². The van der Waals surface area contributed by atoms with Crippen molar-refractivity contribution < 1.29 is 19.7 Å². The summed E-state index contributed by atoms with van der Waals surface area (Å²) in [6.07, 6.45) is 3.38. The molecule has 0 fully saturated rings. The zero-order valence-corrected chi connectivity index (χ0v) is 11.8. The first-order chi connectivity index (χ1) is 9.19. The number of hydrogen-bond donors (Lipinski definition) is 2. The summed E-state index contributed by atoms with van der Waals surface area (Å²) in [6.45, 7) is 2.61. The Kier molecular flexibility index (Phi) is 7.30. The highest BCUT2D eigenvalue weighted by atomic mass is 16.5. The van der Waals surface area contributed by atoms with Crippen LogP contribution in [0.3, 0.4) is 0 Å². The lowest BCUT2D eigenvalue weighted by Crippen LogP contribution is -2.01. The number of aliphatic hydroxyl groups excluding tert-OH is 2. The maximum Gasteiger partial charge on any atom is 0.161 e. The fourth-order valence-corrected chi connectivity index (χ4v) is 1.81. The zero-order chi connectivity index (χ0) is 14.1. The summed E-state index contributed by atoms with van der Waals surface area (Å²) >= 11 is 0. The van der Waals surface area contributed by atoms with Crippen LogP contribution >= 0.6 is 0 Å². The molecular weight excluding hydrogens is 244 g/mol. The van der Waals surface area contributed by atoms with E-state index in [1.54, 1.807) is 20.1 Å². The highest BCUT2D eigenvalue weighted by Gasteiger charge is 2.08. The van der Waals surface area contributed by atoms with Crippen LogP contribution < -0.4 is 9.47 Å². The first-order valence-electron chi connectivity index (χ1n) is 6.78. The highest BCUT2D eigenvalue weighted by molar-refractivity contribution is 5.43. The third-order valence-electron chi connectivity index (χ3n) is 2.98. The number of unbranched alkanes of at least 4 members (excludes halogenated alkanes) is 3. The van der Waals surface area contributed by atoms with E-state index in [0.29, 0.717) is 18.1 Å². The predicted octanol–water partition coefficient (Wildman–Crippen LogP) is 2.68. The van der Waals surface area contributed by atoms with Gasteiger partial charge in [-0.2, -0.15) is 0 Å². The minimum absolute atomic E-state index is 0.259. The second-order valence-electron chi connectivity index (χ2n) is 4.57. The summed E-state index contributed by atoms with van der Waals surface area (Å²) in [5, 5.41) is 18.2. The zero-order valence-electron chi connectivity index (χ0n) is 11.8. The van der Waals surface area contributed by atoms with Crippen LogP contribution in [0.5, 0.6) is 11.5 Å². The second kappa shape index (κ2) is 8.77. The summed E-state index contributed by atoms with van der Waals surface area (Å²) < 4.78 is 10.9. The number of aliphatic hydroxyl groups is 2. The van der Waals surface area contributed by atoms with Crippen LogP contribution in [0, 0.1) is 0 Å². The molecule has 1 aromatic carbocycles. The average molecular weight is 268 g/mol. The molecule has 2 N–H and O–H groups in total. The third kappa shape index (κ3) is 5.49. The van der Waals surface area contributed by atoms with E-state index in [4.69, 9.17) is 14.6 Å². The molecule has 0 aliphatic carbocycles. The first kappa shape index (κ1) is 15.8. The quantitative estimate of drug-likeness (QED) is 0.676. The maximum absolute atomic E-state index is 9.51. The van der Waals surface area contributed by atoms with E-state index in [2.05, 4.69) is 0 Å². The van der Waals surface area contributed by atoms with Gasteiger partial charge in [-0.15, -0.1) is 0 Å². The molecule has 0 unspecified atom stereocenters. The molecule has 0 bridgehead atoms. The second-order valence-corrected chi connectivity index (χ2v) is 4.57. The molecule has 0 aliphatic heterocycles. The van der Waals surface area contributed by atoms with E-state index >= 15 is 0 Å². The lowest BCUT2D eigenvalue weighted by Gasteiger charge is -2.13. The molecule has 0 saturated heterocycles. The third-order valence-corrected chi connectivity index (χ3v) is 2.98. The van der Waals surface area contributed by atoms with Crippen LogP contribution in [0.15, 0.2) is 18.2 Å². The van der Waals surface area contributed by atoms with E-state index in [0.717, 1.165) is 31.2 Å². The van der Waals surface area contributed by atoms with Crippen molar-refractivity contribution in [3.8, 4) is 11.5 Å². The minimum Gasteiger partial charge on any atom is -0.493 e. The Hall–Kier alpha value is -1.26. The molecule has 0 saturated carbocycles. The summed E-state index contributed by atoms with van der Waals surface area (Å²) in [5.74, 6) is 1.35. The molecule has 0 aliphatic rings. The first-order valence-corrected chi connectivity index (χ1v) is 6.78. The summed E-state index contributed by atoms with van der Waals surface area (Å²) in [6, 6.07) is 5.47. The Morgan fingerprint density at radius 1 is 1.11 bits per heavy atom. The van der Waals surface area contributed by atoms with Gasteiger partial charge in [0.05, 0.1) is 19.8 Å². The largest absolute Gasteiger partial charge is 0.493 e. The van der Waals surface area contributed by atoms with Gasteiger partial charge in [-0.1, -0.05) is 12.5 Å². The Morgan fingerprint density at radius 2 is 1.84 bits per heavy atom. The predicted molar refractivity (Wildman–Crippen MR) is 74.7 cm³/mol. The van der Waals surface area contributed by atoms with Crippen LogP contribution in [0.2, 0.25) is 0 Å². The molecule has 1 aromatic rings. The molecule has 108 valence electrons. The molecule has 0 radical (unpaired) electrons. The molecule has 0 amide bonds. The van der Waals surface area contributed by atoms with E-state index in [1.165, 1.54) is 0 Å². The molecule has 19 heavy (non-hydrogen) atoms. The number of ether oxygens (including phenoxy) is 2. The van der Waals surface area contributed by atoms with Crippen molar-refractivity contribution in [1.82, 2.24) is 0 Å². The number of hydrogen-bond acceptors (Lipinski definition) is 4. The van der Waals surface area contributed by atoms with Gasteiger partial charge >= 0.3 is 0 Å². The van der Waals surface area contributed by atoms with E-state index in [9.17, 15) is 5.11 Å². The van der Waals surface area contributed by atoms with E-state index in [1.807, 2.05) is 12.1 Å². The molecule has 4 nitrogen and oxygen atoms in total. The maximum atomic E-state index is 9.51. The van der Waals surface area contributed by atoms with Crippen molar-refractivity contribution in [2.45, 2.75) is 38.7 Å². The fraction of sp³-hybridized carbons (Fsp3) is 0.600. The van der Waals surface area contributed by atoms with Crippen LogP contribution in [0.25, 0.3) is 0 Å². The number of methoxy groups -OCH3 is 1. The van der Waals surface area contributed by atoms with Crippen molar-refractivity contribution in [3.05, 3.63) is 23.8 Å². The monoisotopic (exact) mass is 268 g/mol. The van der Waals surface area contributed by atoms with Gasteiger partial charge in [-0.25, -0.2) is 0 Å². The van der Waals surface area contributed by atoms with Crippen LogP contribution in [0.1, 0.15) is 44.3 Å². The summed E-state index contributed by atoms with van der Waals surface area (Å²) in [4.78, 5) is 0. The Morgan fingerprint density at radius 3 is 2.47 bits per heavy atom. The van der Waals surface area contributed by atoms with Crippen molar-refractivity contribution in [1.29, 1.82) is 0 Å². The van der Waals surface area contributed by atoms with Gasteiger partial charge in [0.2, 0.25) is 0 Å². The topological polar surface area (TPSA) is 58.9 Å². The molecule has 4 heteroatoms. The number of benzene rings is 1. The van der Waals surface area contributed by atoms with Crippen LogP contribution in [-0.4, -0.2) is 30.5 Å². The van der Waals surface area contributed by atoms with Crippen molar-refractivity contribution in [3.63, 3.8) is 0 Å². The molecule has 1 rings (SSSR count). The minimum atomic E-state index is -0.513. The summed E-state index contributed by atoms with van der Waals surface area (Å²) in [5.41, 5.74) is 0.812. The van der Waals surface area contributed by atoms with Crippen molar-refractivity contribution >= 4 is 0 Å². The van der Waals surface area contributed by atoms with E-state index in [-0.39, 0.29) is 6.61 Å². The lowest BCUT2D eigenvalue weighted by atomic mass is 10.1. The molecule has 1 atom stereocenters. The van der Waals surface area contributed by atoms with Crippen LogP contribution in [0.4, 0.5) is 0 Å². The summed E-state index contributed by atoms with van der Waals surface area (Å²) in [7, 11) is 1.59. The lowest BCUT2D eigenvalue weighted by molar-refractivity contribution is 0.198. The smallest absolute Gasteiger partial charge is 0.161 e. The van der Waals surface area contributed by atoms with Crippen molar-refractivity contribution in [2.24, 2.45) is 0 Å². The van der Waals surface area contributed by atoms with Crippen LogP contribution in [-0.2, 0) is 0 Å². The normalized spacial score (nSPS) is 12.2. The van der Waals surface area contributed by atoms with Gasteiger partial charge in [0, 0.05) is 6.61 Å². The van der Waals surface area contributed by atoms with Crippen molar-refractivity contribution in [2.75, 3.05) is 20.3 Å². The molecule has 0 heterocycles. The Bertz CT molecular complexity index is 363. The van der Waals surface area contributed by atoms with Gasteiger partial charge in [0.1, 0.15) is 0 Å². The van der Waals surface area contributed by atoms with Gasteiger partial charge in [-0.05, 0) is 43.9 Å². The standard InChI is InChI=1S/C15H24O4/c1-12(17)13-7-8-14(15(11-13)18-2)19-10-6-4-3-5-9-16/h7-8,11-12,16-17H,3-6,9-10H2,1-2H3/t12-/m1/s1. The Labute approximate surface area is 115 Å².